The van der Waals surface area contributed by atoms with Gasteiger partial charge in [0.25, 0.3) is 0 Å². The molecule has 0 unspecified atom stereocenters. The second kappa shape index (κ2) is 3.81. The van der Waals surface area contributed by atoms with Crippen molar-refractivity contribution < 1.29 is 5.11 Å². The third-order valence-corrected chi connectivity index (χ3v) is 4.37. The lowest BCUT2D eigenvalue weighted by Crippen LogP contribution is -2.62. The van der Waals surface area contributed by atoms with E-state index in [1.165, 1.54) is 18.4 Å². The first kappa shape index (κ1) is 11.4. The zero-order valence-corrected chi connectivity index (χ0v) is 11.2. The van der Waals surface area contributed by atoms with Gasteiger partial charge in [-0.15, -0.1) is 0 Å². The molecule has 0 spiro atoms. The van der Waals surface area contributed by atoms with Crippen LogP contribution in [0.3, 0.4) is 0 Å². The van der Waals surface area contributed by atoms with E-state index in [1.807, 2.05) is 0 Å². The SMILES string of the molecule is Cc1ccc2nc(CN3CC(O)(C4CC4)C3)cn2c1. The number of β-amino-alcohol motifs (C(OH)–C–C–N with tert-alkyl or cyclic N) is 1. The molecule has 0 radical (unpaired) electrons. The standard InChI is InChI=1S/C15H19N3O/c1-11-2-5-14-16-13(8-18(14)6-11)7-17-9-15(19,10-17)12-3-4-12/h2,5-6,8,12,19H,3-4,7,9-10H2,1H3. The fraction of sp³-hybridized carbons (Fsp3) is 0.533. The number of pyridine rings is 1. The van der Waals surface area contributed by atoms with Crippen LogP contribution in [0.25, 0.3) is 5.65 Å². The van der Waals surface area contributed by atoms with Gasteiger partial charge in [-0.2, -0.15) is 0 Å². The summed E-state index contributed by atoms with van der Waals surface area (Å²) in [5.74, 6) is 0.562. The fourth-order valence-corrected chi connectivity index (χ4v) is 3.18. The number of aromatic nitrogens is 2. The highest BCUT2D eigenvalue weighted by Gasteiger charge is 2.51. The minimum atomic E-state index is -0.393. The minimum absolute atomic E-state index is 0.393. The van der Waals surface area contributed by atoms with Gasteiger partial charge in [-0.25, -0.2) is 4.98 Å². The van der Waals surface area contributed by atoms with Gasteiger partial charge in [0.2, 0.25) is 0 Å². The first-order chi connectivity index (χ1) is 9.12. The molecule has 1 aliphatic carbocycles. The van der Waals surface area contributed by atoms with Gasteiger partial charge >= 0.3 is 0 Å². The Labute approximate surface area is 112 Å². The van der Waals surface area contributed by atoms with Crippen molar-refractivity contribution in [2.24, 2.45) is 5.92 Å². The predicted molar refractivity (Wildman–Crippen MR) is 72.9 cm³/mol. The van der Waals surface area contributed by atoms with Gasteiger partial charge in [0.15, 0.2) is 0 Å². The Morgan fingerprint density at radius 3 is 2.84 bits per heavy atom. The molecule has 1 N–H and O–H groups in total. The second-order valence-electron chi connectivity index (χ2n) is 6.23. The Hall–Kier alpha value is -1.39. The number of hydrogen-bond acceptors (Lipinski definition) is 3. The topological polar surface area (TPSA) is 40.8 Å². The molecule has 2 fully saturated rings. The summed E-state index contributed by atoms with van der Waals surface area (Å²) in [7, 11) is 0. The van der Waals surface area contributed by atoms with Gasteiger partial charge in [0, 0.05) is 32.0 Å². The van der Waals surface area contributed by atoms with E-state index >= 15 is 0 Å². The van der Waals surface area contributed by atoms with Crippen molar-refractivity contribution in [1.82, 2.24) is 14.3 Å². The Balaban J connectivity index is 1.47. The van der Waals surface area contributed by atoms with Crippen LogP contribution in [-0.2, 0) is 6.54 Å². The molecule has 0 bridgehead atoms. The molecule has 1 aliphatic heterocycles. The van der Waals surface area contributed by atoms with Crippen LogP contribution in [0.1, 0.15) is 24.1 Å². The maximum Gasteiger partial charge on any atom is 0.137 e. The van der Waals surface area contributed by atoms with Crippen LogP contribution >= 0.6 is 0 Å². The van der Waals surface area contributed by atoms with Crippen molar-refractivity contribution in [1.29, 1.82) is 0 Å². The third-order valence-electron chi connectivity index (χ3n) is 4.37. The quantitative estimate of drug-likeness (QED) is 0.908. The number of aryl methyl sites for hydroxylation is 1. The Morgan fingerprint density at radius 1 is 1.32 bits per heavy atom. The van der Waals surface area contributed by atoms with Crippen molar-refractivity contribution >= 4 is 5.65 Å². The first-order valence-corrected chi connectivity index (χ1v) is 7.01. The van der Waals surface area contributed by atoms with E-state index < -0.39 is 5.60 Å². The summed E-state index contributed by atoms with van der Waals surface area (Å²) in [5.41, 5.74) is 2.93. The van der Waals surface area contributed by atoms with Gasteiger partial charge in [0.1, 0.15) is 5.65 Å². The normalized spacial score (nSPS) is 22.6. The molecule has 0 aromatic carbocycles. The highest BCUT2D eigenvalue weighted by Crippen LogP contribution is 2.44. The van der Waals surface area contributed by atoms with Crippen LogP contribution in [0.2, 0.25) is 0 Å². The second-order valence-corrected chi connectivity index (χ2v) is 6.23. The monoisotopic (exact) mass is 257 g/mol. The molecule has 3 heterocycles. The van der Waals surface area contributed by atoms with E-state index in [0.717, 1.165) is 31.0 Å². The number of aliphatic hydroxyl groups is 1. The van der Waals surface area contributed by atoms with E-state index in [4.69, 9.17) is 0 Å². The average molecular weight is 257 g/mol. The lowest BCUT2D eigenvalue weighted by molar-refractivity contribution is -0.116. The van der Waals surface area contributed by atoms with Crippen LogP contribution in [0.4, 0.5) is 0 Å². The van der Waals surface area contributed by atoms with Crippen LogP contribution in [0.5, 0.6) is 0 Å². The summed E-state index contributed by atoms with van der Waals surface area (Å²) in [6, 6.07) is 4.14. The van der Waals surface area contributed by atoms with Crippen molar-refractivity contribution in [2.75, 3.05) is 13.1 Å². The maximum atomic E-state index is 10.3. The molecule has 4 rings (SSSR count). The van der Waals surface area contributed by atoms with Gasteiger partial charge in [-0.3, -0.25) is 4.90 Å². The molecule has 2 aliphatic rings. The van der Waals surface area contributed by atoms with Crippen LogP contribution < -0.4 is 0 Å². The summed E-state index contributed by atoms with van der Waals surface area (Å²) in [4.78, 5) is 6.91. The highest BCUT2D eigenvalue weighted by molar-refractivity contribution is 5.41. The van der Waals surface area contributed by atoms with Crippen molar-refractivity contribution in [2.45, 2.75) is 31.9 Å². The average Bonchev–Trinajstić information content (AvgIpc) is 3.09. The van der Waals surface area contributed by atoms with Crippen LogP contribution in [0.15, 0.2) is 24.5 Å². The van der Waals surface area contributed by atoms with Crippen LogP contribution in [-0.4, -0.2) is 38.1 Å². The number of nitrogens with zero attached hydrogens (tertiary/aromatic N) is 3. The molecule has 1 saturated heterocycles. The third kappa shape index (κ3) is 1.95. The predicted octanol–water partition coefficient (Wildman–Crippen LogP) is 1.60. The van der Waals surface area contributed by atoms with E-state index in [1.54, 1.807) is 0 Å². The lowest BCUT2D eigenvalue weighted by atomic mass is 9.89. The van der Waals surface area contributed by atoms with Crippen molar-refractivity contribution in [3.63, 3.8) is 0 Å². The summed E-state index contributed by atoms with van der Waals surface area (Å²) in [6.07, 6.45) is 6.61. The molecule has 4 heteroatoms. The summed E-state index contributed by atoms with van der Waals surface area (Å²) >= 11 is 0. The number of fused-ring (bicyclic) bond motifs is 1. The minimum Gasteiger partial charge on any atom is -0.387 e. The lowest BCUT2D eigenvalue weighted by Gasteiger charge is -2.46. The molecule has 2 aromatic rings. The van der Waals surface area contributed by atoms with Gasteiger partial charge in [-0.1, -0.05) is 6.07 Å². The summed E-state index contributed by atoms with van der Waals surface area (Å²) < 4.78 is 2.08. The smallest absolute Gasteiger partial charge is 0.137 e. The molecule has 100 valence electrons. The molecule has 19 heavy (non-hydrogen) atoms. The van der Waals surface area contributed by atoms with Crippen molar-refractivity contribution in [3.8, 4) is 0 Å². The highest BCUT2D eigenvalue weighted by atomic mass is 16.3. The number of imidazole rings is 1. The summed E-state index contributed by atoms with van der Waals surface area (Å²) in [5, 5.41) is 10.3. The molecule has 0 amide bonds. The summed E-state index contributed by atoms with van der Waals surface area (Å²) in [6.45, 7) is 4.55. The van der Waals surface area contributed by atoms with Crippen molar-refractivity contribution in [3.05, 3.63) is 35.8 Å². The molecule has 2 aromatic heterocycles. The first-order valence-electron chi connectivity index (χ1n) is 7.01. The largest absolute Gasteiger partial charge is 0.387 e. The van der Waals surface area contributed by atoms with Gasteiger partial charge < -0.3 is 9.51 Å². The van der Waals surface area contributed by atoms with Crippen LogP contribution in [0, 0.1) is 12.8 Å². The zero-order chi connectivity index (χ0) is 13.0. The number of rotatable bonds is 3. The Bertz CT molecular complexity index is 623. The molecular weight excluding hydrogens is 238 g/mol. The van der Waals surface area contributed by atoms with Gasteiger partial charge in [-0.05, 0) is 37.3 Å². The number of hydrogen-bond donors (Lipinski definition) is 1. The molecule has 0 atom stereocenters. The van der Waals surface area contributed by atoms with E-state index in [2.05, 4.69) is 45.7 Å². The molecular formula is C15H19N3O. The van der Waals surface area contributed by atoms with Gasteiger partial charge in [0.05, 0.1) is 11.3 Å². The van der Waals surface area contributed by atoms with E-state index in [-0.39, 0.29) is 0 Å². The van der Waals surface area contributed by atoms with E-state index in [9.17, 15) is 5.11 Å². The fourth-order valence-electron chi connectivity index (χ4n) is 3.18. The number of likely N-dealkylation sites (tertiary alicyclic amines) is 1. The maximum absolute atomic E-state index is 10.3. The zero-order valence-electron chi connectivity index (χ0n) is 11.2. The molecule has 4 nitrogen and oxygen atoms in total. The Kier molecular flexibility index (Phi) is 2.29. The molecule has 1 saturated carbocycles. The Morgan fingerprint density at radius 2 is 2.11 bits per heavy atom. The van der Waals surface area contributed by atoms with E-state index in [0.29, 0.717) is 5.92 Å².